The molecule has 0 spiro atoms. The standard InChI is InChI=1S/C23H22Cl2N4O2/c1-3-31-16-7-4-14(5-8-16)27-23-28-19-10-13(2)11-20(30)21(19)22(29-23)26-15-6-9-17(24)18(25)12-15/h4-9,12-13H,3,10-11H2,1-2H3,(H2,26,27,28,29). The topological polar surface area (TPSA) is 76.1 Å². The van der Waals surface area contributed by atoms with Crippen LogP contribution in [0.1, 0.15) is 36.3 Å². The van der Waals surface area contributed by atoms with Gasteiger partial charge < -0.3 is 15.4 Å². The molecular formula is C23H22Cl2N4O2. The SMILES string of the molecule is CCOc1ccc(Nc2nc3c(c(Nc4ccc(Cl)c(Cl)c4)n2)C(=O)CC(C)C3)cc1. The molecule has 6 nitrogen and oxygen atoms in total. The number of halogens is 2. The lowest BCUT2D eigenvalue weighted by Crippen LogP contribution is -2.22. The summed E-state index contributed by atoms with van der Waals surface area (Å²) in [6, 6.07) is 12.7. The van der Waals surface area contributed by atoms with Gasteiger partial charge in [0.1, 0.15) is 11.6 Å². The van der Waals surface area contributed by atoms with E-state index in [0.717, 1.165) is 17.1 Å². The molecule has 160 valence electrons. The normalized spacial score (nSPS) is 15.4. The van der Waals surface area contributed by atoms with E-state index in [-0.39, 0.29) is 11.7 Å². The molecule has 0 bridgehead atoms. The minimum atomic E-state index is 0.0314. The van der Waals surface area contributed by atoms with Crippen LogP contribution in [-0.4, -0.2) is 22.4 Å². The van der Waals surface area contributed by atoms with Gasteiger partial charge in [0.25, 0.3) is 0 Å². The molecule has 0 aliphatic heterocycles. The molecule has 4 rings (SSSR count). The number of aromatic nitrogens is 2. The number of benzene rings is 2. The second-order valence-corrected chi connectivity index (χ2v) is 8.30. The lowest BCUT2D eigenvalue weighted by Gasteiger charge is -2.23. The Morgan fingerprint density at radius 2 is 1.74 bits per heavy atom. The molecule has 0 fully saturated rings. The van der Waals surface area contributed by atoms with Crippen LogP contribution in [0.4, 0.5) is 23.1 Å². The monoisotopic (exact) mass is 456 g/mol. The van der Waals surface area contributed by atoms with E-state index in [0.29, 0.717) is 52.5 Å². The smallest absolute Gasteiger partial charge is 0.229 e. The number of anilines is 4. The molecule has 1 atom stereocenters. The minimum absolute atomic E-state index is 0.0314. The van der Waals surface area contributed by atoms with Crippen LogP contribution in [0.2, 0.25) is 10.0 Å². The van der Waals surface area contributed by atoms with Crippen molar-refractivity contribution in [3.8, 4) is 5.75 Å². The zero-order valence-corrected chi connectivity index (χ0v) is 18.7. The van der Waals surface area contributed by atoms with Crippen molar-refractivity contribution in [1.29, 1.82) is 0 Å². The predicted octanol–water partition coefficient (Wildman–Crippen LogP) is 6.43. The molecule has 0 amide bonds. The fourth-order valence-electron chi connectivity index (χ4n) is 3.56. The van der Waals surface area contributed by atoms with Crippen molar-refractivity contribution in [3.05, 3.63) is 63.8 Å². The Morgan fingerprint density at radius 1 is 1.00 bits per heavy atom. The molecule has 2 aromatic carbocycles. The summed E-state index contributed by atoms with van der Waals surface area (Å²) in [7, 11) is 0. The number of nitrogens with one attached hydrogen (secondary N) is 2. The number of hydrogen-bond donors (Lipinski definition) is 2. The van der Waals surface area contributed by atoms with Gasteiger partial charge in [0.05, 0.1) is 27.9 Å². The fraction of sp³-hybridized carbons (Fsp3) is 0.261. The van der Waals surface area contributed by atoms with Crippen LogP contribution in [0.5, 0.6) is 5.75 Å². The summed E-state index contributed by atoms with van der Waals surface area (Å²) >= 11 is 12.2. The third kappa shape index (κ3) is 4.92. The molecule has 0 saturated carbocycles. The van der Waals surface area contributed by atoms with Gasteiger partial charge in [-0.3, -0.25) is 4.79 Å². The van der Waals surface area contributed by atoms with Crippen molar-refractivity contribution >= 4 is 52.1 Å². The van der Waals surface area contributed by atoms with E-state index in [1.54, 1.807) is 18.2 Å². The number of Topliss-reactive ketones (excluding diaryl/α,β-unsaturated/α-hetero) is 1. The van der Waals surface area contributed by atoms with Crippen molar-refractivity contribution in [2.24, 2.45) is 5.92 Å². The van der Waals surface area contributed by atoms with Crippen LogP contribution in [-0.2, 0) is 6.42 Å². The third-order valence-corrected chi connectivity index (χ3v) is 5.68. The van der Waals surface area contributed by atoms with Crippen LogP contribution in [0.25, 0.3) is 0 Å². The Kier molecular flexibility index (Phi) is 6.30. The number of hydrogen-bond acceptors (Lipinski definition) is 6. The molecule has 0 saturated heterocycles. The number of rotatable bonds is 6. The Morgan fingerprint density at radius 3 is 2.45 bits per heavy atom. The first-order valence-corrected chi connectivity index (χ1v) is 10.8. The first kappa shape index (κ1) is 21.4. The van der Waals surface area contributed by atoms with Crippen molar-refractivity contribution in [3.63, 3.8) is 0 Å². The molecule has 8 heteroatoms. The van der Waals surface area contributed by atoms with E-state index in [1.165, 1.54) is 0 Å². The first-order valence-electron chi connectivity index (χ1n) is 10.1. The van der Waals surface area contributed by atoms with Crippen LogP contribution < -0.4 is 15.4 Å². The molecule has 1 unspecified atom stereocenters. The second kappa shape index (κ2) is 9.12. The number of carbonyl (C=O) groups is 1. The maximum absolute atomic E-state index is 12.8. The highest BCUT2D eigenvalue weighted by Crippen LogP contribution is 2.33. The van der Waals surface area contributed by atoms with Crippen molar-refractivity contribution in [2.75, 3.05) is 17.2 Å². The first-order chi connectivity index (χ1) is 14.9. The number of nitrogens with zero attached hydrogens (tertiary/aromatic N) is 2. The maximum Gasteiger partial charge on any atom is 0.229 e. The number of fused-ring (bicyclic) bond motifs is 1. The average Bonchev–Trinajstić information content (AvgIpc) is 2.72. The second-order valence-electron chi connectivity index (χ2n) is 7.49. The van der Waals surface area contributed by atoms with Crippen LogP contribution >= 0.6 is 23.2 Å². The van der Waals surface area contributed by atoms with E-state index in [9.17, 15) is 4.79 Å². The highest BCUT2D eigenvalue weighted by atomic mass is 35.5. The zero-order valence-electron chi connectivity index (χ0n) is 17.2. The Hall–Kier alpha value is -2.83. The Bertz CT molecular complexity index is 1120. The van der Waals surface area contributed by atoms with Gasteiger partial charge in [-0.25, -0.2) is 4.98 Å². The van der Waals surface area contributed by atoms with E-state index < -0.39 is 0 Å². The molecular weight excluding hydrogens is 435 g/mol. The van der Waals surface area contributed by atoms with Crippen LogP contribution in [0, 0.1) is 5.92 Å². The van der Waals surface area contributed by atoms with Crippen molar-refractivity contribution in [1.82, 2.24) is 9.97 Å². The summed E-state index contributed by atoms with van der Waals surface area (Å²) in [5.74, 6) is 1.91. The molecule has 31 heavy (non-hydrogen) atoms. The molecule has 1 aromatic heterocycles. The lowest BCUT2D eigenvalue weighted by molar-refractivity contribution is 0.0953. The number of carbonyl (C=O) groups excluding carboxylic acids is 1. The van der Waals surface area contributed by atoms with Gasteiger partial charge in [-0.1, -0.05) is 30.1 Å². The zero-order chi connectivity index (χ0) is 22.0. The van der Waals surface area contributed by atoms with E-state index in [2.05, 4.69) is 27.5 Å². The Balaban J connectivity index is 1.69. The number of ether oxygens (including phenoxy) is 1. The van der Waals surface area contributed by atoms with Crippen LogP contribution in [0.15, 0.2) is 42.5 Å². The van der Waals surface area contributed by atoms with Gasteiger partial charge >= 0.3 is 0 Å². The maximum atomic E-state index is 12.8. The highest BCUT2D eigenvalue weighted by molar-refractivity contribution is 6.42. The van der Waals surface area contributed by atoms with Gasteiger partial charge in [0.2, 0.25) is 5.95 Å². The molecule has 1 aliphatic carbocycles. The summed E-state index contributed by atoms with van der Waals surface area (Å²) in [4.78, 5) is 22.0. The van der Waals surface area contributed by atoms with Gasteiger partial charge in [0.15, 0.2) is 5.78 Å². The van der Waals surface area contributed by atoms with E-state index >= 15 is 0 Å². The fourth-order valence-corrected chi connectivity index (χ4v) is 3.85. The molecule has 1 heterocycles. The van der Waals surface area contributed by atoms with E-state index in [1.807, 2.05) is 31.2 Å². The van der Waals surface area contributed by atoms with Gasteiger partial charge in [-0.05, 0) is 61.7 Å². The summed E-state index contributed by atoms with van der Waals surface area (Å²) in [5, 5.41) is 7.32. The molecule has 3 aromatic rings. The molecule has 0 radical (unpaired) electrons. The third-order valence-electron chi connectivity index (χ3n) is 4.94. The average molecular weight is 457 g/mol. The summed E-state index contributed by atoms with van der Waals surface area (Å²) in [6.07, 6.45) is 1.18. The van der Waals surface area contributed by atoms with Crippen molar-refractivity contribution < 1.29 is 9.53 Å². The van der Waals surface area contributed by atoms with Gasteiger partial charge in [-0.2, -0.15) is 4.98 Å². The highest BCUT2D eigenvalue weighted by Gasteiger charge is 2.28. The molecule has 2 N–H and O–H groups in total. The Labute approximate surface area is 191 Å². The largest absolute Gasteiger partial charge is 0.494 e. The summed E-state index contributed by atoms with van der Waals surface area (Å²) < 4.78 is 5.49. The molecule has 1 aliphatic rings. The van der Waals surface area contributed by atoms with E-state index in [4.69, 9.17) is 27.9 Å². The lowest BCUT2D eigenvalue weighted by atomic mass is 9.87. The quantitative estimate of drug-likeness (QED) is 0.444. The van der Waals surface area contributed by atoms with Gasteiger partial charge in [-0.15, -0.1) is 0 Å². The predicted molar refractivity (Wildman–Crippen MR) is 124 cm³/mol. The minimum Gasteiger partial charge on any atom is -0.494 e. The van der Waals surface area contributed by atoms with Gasteiger partial charge in [0, 0.05) is 17.8 Å². The van der Waals surface area contributed by atoms with Crippen LogP contribution in [0.3, 0.4) is 0 Å². The number of ketones is 1. The summed E-state index contributed by atoms with van der Waals surface area (Å²) in [5.41, 5.74) is 2.77. The van der Waals surface area contributed by atoms with Crippen molar-refractivity contribution in [2.45, 2.75) is 26.7 Å². The summed E-state index contributed by atoms with van der Waals surface area (Å²) in [6.45, 7) is 4.60.